The molecule has 1 aliphatic rings. The molecule has 2 nitrogen and oxygen atoms in total. The number of H-pyrrole nitrogens is 1. The number of aromatic amines is 1. The number of hydrogen-bond donors (Lipinski definition) is 1. The SMILES string of the molecule is O=c1[nH]c(-c2ccc3c(c2)CCCS3)cs1. The molecule has 2 aromatic rings. The molecule has 82 valence electrons. The third-order valence-corrected chi connectivity index (χ3v) is 4.61. The second kappa shape index (κ2) is 4.11. The summed E-state index contributed by atoms with van der Waals surface area (Å²) in [6, 6.07) is 6.47. The van der Waals surface area contributed by atoms with E-state index in [1.165, 1.54) is 34.0 Å². The van der Waals surface area contributed by atoms with Crippen LogP contribution < -0.4 is 4.87 Å². The van der Waals surface area contributed by atoms with Gasteiger partial charge in [-0.25, -0.2) is 0 Å². The first kappa shape index (κ1) is 10.2. The summed E-state index contributed by atoms with van der Waals surface area (Å²) in [6.07, 6.45) is 2.41. The second-order valence-electron chi connectivity index (χ2n) is 3.84. The largest absolute Gasteiger partial charge is 0.312 e. The second-order valence-corrected chi connectivity index (χ2v) is 5.82. The number of thioether (sulfide) groups is 1. The van der Waals surface area contributed by atoms with Gasteiger partial charge in [-0.05, 0) is 41.9 Å². The van der Waals surface area contributed by atoms with Crippen molar-refractivity contribution in [3.63, 3.8) is 0 Å². The Morgan fingerprint density at radius 1 is 1.31 bits per heavy atom. The maximum Gasteiger partial charge on any atom is 0.304 e. The standard InChI is InChI=1S/C12H11NOS2/c14-12-13-10(7-16-12)8-3-4-11-9(6-8)2-1-5-15-11/h3-4,6-7H,1-2,5H2,(H,13,14). The molecule has 4 heteroatoms. The smallest absolute Gasteiger partial charge is 0.304 e. The quantitative estimate of drug-likeness (QED) is 0.842. The van der Waals surface area contributed by atoms with Gasteiger partial charge in [-0.15, -0.1) is 11.8 Å². The fourth-order valence-corrected chi connectivity index (χ4v) is 3.56. The molecule has 3 rings (SSSR count). The zero-order chi connectivity index (χ0) is 11.0. The van der Waals surface area contributed by atoms with Gasteiger partial charge in [0.05, 0.1) is 5.69 Å². The molecule has 0 fully saturated rings. The van der Waals surface area contributed by atoms with E-state index in [-0.39, 0.29) is 4.87 Å². The minimum Gasteiger partial charge on any atom is -0.312 e. The molecule has 1 aliphatic heterocycles. The number of thiazole rings is 1. The monoisotopic (exact) mass is 249 g/mol. The van der Waals surface area contributed by atoms with Gasteiger partial charge >= 0.3 is 4.87 Å². The normalized spacial score (nSPS) is 14.8. The molecule has 0 unspecified atom stereocenters. The molecular weight excluding hydrogens is 238 g/mol. The summed E-state index contributed by atoms with van der Waals surface area (Å²) in [7, 11) is 0. The van der Waals surface area contributed by atoms with E-state index in [4.69, 9.17) is 0 Å². The van der Waals surface area contributed by atoms with E-state index in [0.717, 1.165) is 17.7 Å². The first-order chi connectivity index (χ1) is 7.83. The molecule has 16 heavy (non-hydrogen) atoms. The summed E-state index contributed by atoms with van der Waals surface area (Å²) >= 11 is 3.15. The zero-order valence-corrected chi connectivity index (χ0v) is 10.3. The fraction of sp³-hybridized carbons (Fsp3) is 0.250. The first-order valence-electron chi connectivity index (χ1n) is 5.27. The van der Waals surface area contributed by atoms with Crippen molar-refractivity contribution in [2.75, 3.05) is 5.75 Å². The summed E-state index contributed by atoms with van der Waals surface area (Å²) in [5.74, 6) is 1.22. The third-order valence-electron chi connectivity index (χ3n) is 2.74. The molecule has 0 spiro atoms. The van der Waals surface area contributed by atoms with Crippen molar-refractivity contribution in [3.05, 3.63) is 38.8 Å². The summed E-state index contributed by atoms with van der Waals surface area (Å²) in [4.78, 5) is 15.4. The van der Waals surface area contributed by atoms with Crippen molar-refractivity contribution in [1.82, 2.24) is 4.98 Å². The highest BCUT2D eigenvalue weighted by Gasteiger charge is 2.11. The summed E-state index contributed by atoms with van der Waals surface area (Å²) in [5.41, 5.74) is 3.48. The van der Waals surface area contributed by atoms with Crippen LogP contribution in [0, 0.1) is 0 Å². The Labute approximate surface area is 102 Å². The lowest BCUT2D eigenvalue weighted by atomic mass is 10.0. The fourth-order valence-electron chi connectivity index (χ4n) is 1.95. The van der Waals surface area contributed by atoms with Crippen molar-refractivity contribution in [2.24, 2.45) is 0 Å². The molecule has 0 aliphatic carbocycles. The van der Waals surface area contributed by atoms with Crippen LogP contribution in [-0.2, 0) is 6.42 Å². The third kappa shape index (κ3) is 1.83. The van der Waals surface area contributed by atoms with Crippen LogP contribution in [-0.4, -0.2) is 10.7 Å². The van der Waals surface area contributed by atoms with Crippen LogP contribution in [0.1, 0.15) is 12.0 Å². The Hall–Kier alpha value is -1.000. The van der Waals surface area contributed by atoms with Gasteiger partial charge in [0.1, 0.15) is 0 Å². The van der Waals surface area contributed by atoms with Gasteiger partial charge in [0.2, 0.25) is 0 Å². The summed E-state index contributed by atoms with van der Waals surface area (Å²) in [5, 5.41) is 1.89. The van der Waals surface area contributed by atoms with Crippen LogP contribution >= 0.6 is 23.1 Å². The number of aromatic nitrogens is 1. The predicted molar refractivity (Wildman–Crippen MR) is 69.4 cm³/mol. The highest BCUT2D eigenvalue weighted by molar-refractivity contribution is 7.99. The van der Waals surface area contributed by atoms with Crippen molar-refractivity contribution in [3.8, 4) is 11.3 Å². The van der Waals surface area contributed by atoms with E-state index in [0.29, 0.717) is 0 Å². The van der Waals surface area contributed by atoms with Gasteiger partial charge in [-0.1, -0.05) is 17.4 Å². The van der Waals surface area contributed by atoms with Crippen LogP contribution in [0.2, 0.25) is 0 Å². The number of fused-ring (bicyclic) bond motifs is 1. The minimum atomic E-state index is 0.0158. The molecule has 0 amide bonds. The molecule has 0 bridgehead atoms. The molecule has 1 aromatic heterocycles. The van der Waals surface area contributed by atoms with Gasteiger partial charge in [0, 0.05) is 10.3 Å². The molecule has 0 saturated heterocycles. The lowest BCUT2D eigenvalue weighted by molar-refractivity contribution is 0.890. The van der Waals surface area contributed by atoms with E-state index in [1.54, 1.807) is 0 Å². The minimum absolute atomic E-state index is 0.0158. The molecule has 0 radical (unpaired) electrons. The topological polar surface area (TPSA) is 32.9 Å². The predicted octanol–water partition coefficient (Wildman–Crippen LogP) is 3.14. The van der Waals surface area contributed by atoms with Crippen molar-refractivity contribution in [1.29, 1.82) is 0 Å². The molecular formula is C12H11NOS2. The summed E-state index contributed by atoms with van der Waals surface area (Å²) < 4.78 is 0. The highest BCUT2D eigenvalue weighted by Crippen LogP contribution is 2.32. The van der Waals surface area contributed by atoms with Crippen LogP contribution in [0.4, 0.5) is 0 Å². The van der Waals surface area contributed by atoms with Crippen molar-refractivity contribution < 1.29 is 0 Å². The van der Waals surface area contributed by atoms with Crippen LogP contribution in [0.25, 0.3) is 11.3 Å². The molecule has 0 atom stereocenters. The Morgan fingerprint density at radius 3 is 3.06 bits per heavy atom. The number of nitrogens with one attached hydrogen (secondary N) is 1. The maximum atomic E-state index is 11.1. The maximum absolute atomic E-state index is 11.1. The lowest BCUT2D eigenvalue weighted by Crippen LogP contribution is -1.99. The van der Waals surface area contributed by atoms with Gasteiger partial charge in [0.25, 0.3) is 0 Å². The van der Waals surface area contributed by atoms with E-state index in [1.807, 2.05) is 17.1 Å². The Morgan fingerprint density at radius 2 is 2.25 bits per heavy atom. The Bertz CT molecular complexity index is 570. The number of rotatable bonds is 1. The van der Waals surface area contributed by atoms with Gasteiger partial charge in [0.15, 0.2) is 0 Å². The van der Waals surface area contributed by atoms with Crippen LogP contribution in [0.3, 0.4) is 0 Å². The molecule has 1 N–H and O–H groups in total. The van der Waals surface area contributed by atoms with E-state index >= 15 is 0 Å². The van der Waals surface area contributed by atoms with E-state index < -0.39 is 0 Å². The Balaban J connectivity index is 2.06. The zero-order valence-electron chi connectivity index (χ0n) is 8.66. The van der Waals surface area contributed by atoms with E-state index in [2.05, 4.69) is 23.2 Å². The molecule has 2 heterocycles. The van der Waals surface area contributed by atoms with E-state index in [9.17, 15) is 4.79 Å². The number of aryl methyl sites for hydroxylation is 1. The van der Waals surface area contributed by atoms with Gasteiger partial charge in [-0.2, -0.15) is 0 Å². The van der Waals surface area contributed by atoms with Gasteiger partial charge < -0.3 is 4.98 Å². The summed E-state index contributed by atoms with van der Waals surface area (Å²) in [6.45, 7) is 0. The van der Waals surface area contributed by atoms with Crippen LogP contribution in [0.15, 0.2) is 33.3 Å². The molecule has 1 aromatic carbocycles. The van der Waals surface area contributed by atoms with Crippen molar-refractivity contribution in [2.45, 2.75) is 17.7 Å². The number of hydrogen-bond acceptors (Lipinski definition) is 3. The number of benzene rings is 1. The highest BCUT2D eigenvalue weighted by atomic mass is 32.2. The molecule has 0 saturated carbocycles. The average Bonchev–Trinajstić information content (AvgIpc) is 2.75. The Kier molecular flexibility index (Phi) is 2.61. The van der Waals surface area contributed by atoms with Crippen molar-refractivity contribution >= 4 is 23.1 Å². The van der Waals surface area contributed by atoms with Crippen LogP contribution in [0.5, 0.6) is 0 Å². The first-order valence-corrected chi connectivity index (χ1v) is 7.13. The van der Waals surface area contributed by atoms with Gasteiger partial charge in [-0.3, -0.25) is 4.79 Å². The lowest BCUT2D eigenvalue weighted by Gasteiger charge is -2.15. The average molecular weight is 249 g/mol.